The van der Waals surface area contributed by atoms with Gasteiger partial charge in [-0.15, -0.1) is 0 Å². The molecule has 164 valence electrons. The van der Waals surface area contributed by atoms with Gasteiger partial charge in [-0.1, -0.05) is 6.42 Å². The zero-order chi connectivity index (χ0) is 21.6. The monoisotopic (exact) mass is 417 g/mol. The highest BCUT2D eigenvalue weighted by atomic mass is 32.2. The van der Waals surface area contributed by atoms with Crippen LogP contribution in [0.1, 0.15) is 80.6 Å². The molecule has 0 aliphatic heterocycles. The third kappa shape index (κ3) is 10.0. The average molecular weight is 418 g/mol. The molecule has 0 aromatic heterocycles. The molecule has 6 nitrogen and oxygen atoms in total. The molecule has 0 spiro atoms. The predicted octanol–water partition coefficient (Wildman–Crippen LogP) is 4.29. The predicted molar refractivity (Wildman–Crippen MR) is 114 cm³/mol. The van der Waals surface area contributed by atoms with Gasteiger partial charge in [-0.3, -0.25) is 0 Å². The van der Waals surface area contributed by atoms with Crippen molar-refractivity contribution in [3.05, 3.63) is 0 Å². The number of aliphatic hydroxyl groups is 1. The van der Waals surface area contributed by atoms with Gasteiger partial charge < -0.3 is 19.9 Å². The van der Waals surface area contributed by atoms with Crippen LogP contribution in [0.5, 0.6) is 0 Å². The lowest BCUT2D eigenvalue weighted by Crippen LogP contribution is -2.46. The second-order valence-corrected chi connectivity index (χ2v) is 11.1. The summed E-state index contributed by atoms with van der Waals surface area (Å²) in [6.07, 6.45) is 3.99. The summed E-state index contributed by atoms with van der Waals surface area (Å²) in [5.74, 6) is 1.45. The lowest BCUT2D eigenvalue weighted by Gasteiger charge is -2.39. The van der Waals surface area contributed by atoms with Crippen molar-refractivity contribution in [1.29, 1.82) is 0 Å². The normalized spacial score (nSPS) is 18.6. The summed E-state index contributed by atoms with van der Waals surface area (Å²) in [7, 11) is 0. The number of amides is 1. The summed E-state index contributed by atoms with van der Waals surface area (Å²) in [6, 6.07) is -0.756. The molecule has 0 radical (unpaired) electrons. The van der Waals surface area contributed by atoms with Gasteiger partial charge in [-0.2, -0.15) is 11.8 Å². The minimum absolute atomic E-state index is 0.413. The SMILES string of the molecule is CC(C)(C)OC(=O)N[C@@H](CCSCCC(C)(O)C1CCC1)C(=O)OC(C)(C)C. The molecule has 0 aromatic carbocycles. The number of alkyl carbamates (subject to hydrolysis) is 1. The Morgan fingerprint density at radius 2 is 1.61 bits per heavy atom. The van der Waals surface area contributed by atoms with Crippen molar-refractivity contribution < 1.29 is 24.2 Å². The minimum Gasteiger partial charge on any atom is -0.458 e. The molecule has 1 unspecified atom stereocenters. The Kier molecular flexibility index (Phi) is 9.13. The maximum atomic E-state index is 12.5. The quantitative estimate of drug-likeness (QED) is 0.430. The Labute approximate surface area is 174 Å². The Hall–Kier alpha value is -0.950. The van der Waals surface area contributed by atoms with Gasteiger partial charge in [0, 0.05) is 0 Å². The van der Waals surface area contributed by atoms with E-state index in [9.17, 15) is 14.7 Å². The molecule has 1 aliphatic carbocycles. The molecule has 7 heteroatoms. The highest BCUT2D eigenvalue weighted by Gasteiger charge is 2.35. The van der Waals surface area contributed by atoms with Gasteiger partial charge in [0.15, 0.2) is 0 Å². The third-order valence-corrected chi connectivity index (χ3v) is 5.69. The zero-order valence-corrected chi connectivity index (χ0v) is 19.4. The summed E-state index contributed by atoms with van der Waals surface area (Å²) >= 11 is 1.68. The molecular weight excluding hydrogens is 378 g/mol. The summed E-state index contributed by atoms with van der Waals surface area (Å²) in [5.41, 5.74) is -1.87. The van der Waals surface area contributed by atoms with Crippen molar-refractivity contribution in [2.24, 2.45) is 5.92 Å². The van der Waals surface area contributed by atoms with E-state index in [1.54, 1.807) is 53.3 Å². The Balaban J connectivity index is 2.49. The summed E-state index contributed by atoms with van der Waals surface area (Å²) in [4.78, 5) is 24.6. The number of ether oxygens (including phenoxy) is 2. The van der Waals surface area contributed by atoms with Crippen LogP contribution in [0.3, 0.4) is 0 Å². The molecule has 1 saturated carbocycles. The number of carbonyl (C=O) groups is 2. The van der Waals surface area contributed by atoms with E-state index in [-0.39, 0.29) is 0 Å². The van der Waals surface area contributed by atoms with Gasteiger partial charge >= 0.3 is 12.1 Å². The summed E-state index contributed by atoms with van der Waals surface area (Å²) in [5, 5.41) is 13.2. The van der Waals surface area contributed by atoms with E-state index >= 15 is 0 Å². The maximum absolute atomic E-state index is 12.5. The van der Waals surface area contributed by atoms with Crippen molar-refractivity contribution in [3.8, 4) is 0 Å². The van der Waals surface area contributed by atoms with Crippen molar-refractivity contribution in [2.75, 3.05) is 11.5 Å². The third-order valence-electron chi connectivity index (χ3n) is 4.67. The molecule has 1 rings (SSSR count). The van der Waals surface area contributed by atoms with Crippen LogP contribution in [0.15, 0.2) is 0 Å². The van der Waals surface area contributed by atoms with Gasteiger partial charge in [0.05, 0.1) is 5.60 Å². The highest BCUT2D eigenvalue weighted by molar-refractivity contribution is 7.99. The first kappa shape index (κ1) is 25.1. The first-order valence-corrected chi connectivity index (χ1v) is 11.4. The number of thioether (sulfide) groups is 1. The summed E-state index contributed by atoms with van der Waals surface area (Å²) < 4.78 is 10.7. The molecule has 0 heterocycles. The largest absolute Gasteiger partial charge is 0.458 e. The molecular formula is C21H39NO5S. The molecule has 1 amide bonds. The fraction of sp³-hybridized carbons (Fsp3) is 0.905. The average Bonchev–Trinajstić information content (AvgIpc) is 2.38. The summed E-state index contributed by atoms with van der Waals surface area (Å²) in [6.45, 7) is 12.6. The van der Waals surface area contributed by atoms with Crippen LogP contribution in [-0.2, 0) is 14.3 Å². The molecule has 1 aliphatic rings. The zero-order valence-electron chi connectivity index (χ0n) is 18.6. The molecule has 0 aromatic rings. The van der Waals surface area contributed by atoms with E-state index in [4.69, 9.17) is 9.47 Å². The molecule has 1 fully saturated rings. The van der Waals surface area contributed by atoms with Gasteiger partial charge in [-0.05, 0) is 91.6 Å². The topological polar surface area (TPSA) is 84.9 Å². The van der Waals surface area contributed by atoms with E-state index < -0.39 is 34.9 Å². The lowest BCUT2D eigenvalue weighted by molar-refractivity contribution is -0.157. The van der Waals surface area contributed by atoms with Gasteiger partial charge in [0.1, 0.15) is 17.2 Å². The molecule has 2 atom stereocenters. The highest BCUT2D eigenvalue weighted by Crippen LogP contribution is 2.38. The number of hydrogen-bond acceptors (Lipinski definition) is 6. The molecule has 0 saturated heterocycles. The second kappa shape index (κ2) is 10.2. The number of carbonyl (C=O) groups excluding carboxylic acids is 2. The fourth-order valence-electron chi connectivity index (χ4n) is 2.89. The van der Waals surface area contributed by atoms with Gasteiger partial charge in [-0.25, -0.2) is 9.59 Å². The first-order chi connectivity index (χ1) is 12.7. The fourth-order valence-corrected chi connectivity index (χ4v) is 4.05. The van der Waals surface area contributed by atoms with Crippen LogP contribution < -0.4 is 5.32 Å². The Bertz CT molecular complexity index is 518. The number of nitrogens with one attached hydrogen (secondary N) is 1. The van der Waals surface area contributed by atoms with Crippen LogP contribution >= 0.6 is 11.8 Å². The first-order valence-electron chi connectivity index (χ1n) is 10.2. The Morgan fingerprint density at radius 3 is 2.07 bits per heavy atom. The van der Waals surface area contributed by atoms with Crippen molar-refractivity contribution >= 4 is 23.8 Å². The second-order valence-electron chi connectivity index (χ2n) is 9.87. The van der Waals surface area contributed by atoms with E-state index in [1.165, 1.54) is 6.42 Å². The van der Waals surface area contributed by atoms with Gasteiger partial charge in [0.2, 0.25) is 0 Å². The Morgan fingerprint density at radius 1 is 1.04 bits per heavy atom. The molecule has 28 heavy (non-hydrogen) atoms. The number of hydrogen-bond donors (Lipinski definition) is 2. The van der Waals surface area contributed by atoms with E-state index in [0.29, 0.717) is 18.1 Å². The lowest BCUT2D eigenvalue weighted by atomic mass is 9.73. The van der Waals surface area contributed by atoms with E-state index in [0.717, 1.165) is 25.0 Å². The maximum Gasteiger partial charge on any atom is 0.408 e. The number of rotatable bonds is 9. The van der Waals surface area contributed by atoms with Crippen LogP contribution in [0.2, 0.25) is 0 Å². The molecule has 2 N–H and O–H groups in total. The van der Waals surface area contributed by atoms with E-state index in [2.05, 4.69) is 5.32 Å². The van der Waals surface area contributed by atoms with Crippen molar-refractivity contribution in [3.63, 3.8) is 0 Å². The van der Waals surface area contributed by atoms with Crippen LogP contribution in [0, 0.1) is 5.92 Å². The van der Waals surface area contributed by atoms with Crippen molar-refractivity contribution in [1.82, 2.24) is 5.32 Å². The van der Waals surface area contributed by atoms with Crippen LogP contribution in [0.25, 0.3) is 0 Å². The van der Waals surface area contributed by atoms with Gasteiger partial charge in [0.25, 0.3) is 0 Å². The van der Waals surface area contributed by atoms with Crippen molar-refractivity contribution in [2.45, 2.75) is 103 Å². The van der Waals surface area contributed by atoms with Crippen LogP contribution in [-0.4, -0.2) is 51.5 Å². The number of esters is 1. The van der Waals surface area contributed by atoms with E-state index in [1.807, 2.05) is 6.92 Å². The standard InChI is InChI=1S/C21H39NO5S/c1-19(2,3)26-17(23)16(22-18(24)27-20(4,5)6)11-13-28-14-12-21(7,25)15-9-8-10-15/h15-16,25H,8-14H2,1-7H3,(H,22,24)/t16-,21?/m0/s1. The van der Waals surface area contributed by atoms with Crippen LogP contribution in [0.4, 0.5) is 4.79 Å². The minimum atomic E-state index is -0.756. The molecule has 0 bridgehead atoms. The smallest absolute Gasteiger partial charge is 0.408 e.